The van der Waals surface area contributed by atoms with Crippen LogP contribution in [0.4, 0.5) is 0 Å². The minimum absolute atomic E-state index is 0.204. The number of carbonyl (C=O) groups is 8. The van der Waals surface area contributed by atoms with Crippen LogP contribution in [-0.2, 0) is 55.0 Å². The summed E-state index contributed by atoms with van der Waals surface area (Å²) in [7, 11) is 1.32. The van der Waals surface area contributed by atoms with Gasteiger partial charge in [-0.15, -0.1) is 0 Å². The molecule has 78 heavy (non-hydrogen) atoms. The number of nitrogens with one attached hydrogen (secondary N) is 6. The molecule has 7 amide bonds. The van der Waals surface area contributed by atoms with E-state index in [4.69, 9.17) is 9.47 Å². The summed E-state index contributed by atoms with van der Waals surface area (Å²) in [5, 5.41) is 26.2. The first kappa shape index (κ1) is 63.1. The highest BCUT2D eigenvalue weighted by Crippen LogP contribution is 2.37. The standard InChI is InChI=1S/C60H81N7O11/c1-12-13-14-18-25-42-32-34-43(35-33-42)54(72)65-48(38-77-58(5,6)7)55(73)62-39(2)52(70)61-37-50(69)67(11)51(41(4)78-59(8,9)10)56(74)63-40(3)53(71)64-47(57(75)76)36-49(68)66-60(44-26-19-15-20-27-44,45-28-21-16-22-29-45)46-30-23-17-24-31-46/h15-17,19-24,26-35,39-41,47-48,51H,12-14,18,25,36-38H2,1-11H3,(H,61,70)(H,62,73)(H,63,74)(H,64,71)(H,65,72)(H,66,68)(H,75,76)/t39-,40+,41?,47+,48-,51+/m1/s1. The number of carboxylic acid groups (broad SMARTS) is 1. The molecule has 0 aliphatic rings. The predicted molar refractivity (Wildman–Crippen MR) is 298 cm³/mol. The molecule has 18 nitrogen and oxygen atoms in total. The summed E-state index contributed by atoms with van der Waals surface area (Å²) in [4.78, 5) is 110. The molecule has 0 aromatic heterocycles. The van der Waals surface area contributed by atoms with Crippen molar-refractivity contribution in [2.75, 3.05) is 20.2 Å². The van der Waals surface area contributed by atoms with Crippen LogP contribution in [0, 0.1) is 0 Å². The Labute approximate surface area is 459 Å². The van der Waals surface area contributed by atoms with Crippen molar-refractivity contribution >= 4 is 47.3 Å². The Morgan fingerprint density at radius 2 is 1.10 bits per heavy atom. The first-order valence-electron chi connectivity index (χ1n) is 26.6. The summed E-state index contributed by atoms with van der Waals surface area (Å²) < 4.78 is 12.0. The van der Waals surface area contributed by atoms with Crippen LogP contribution in [0.5, 0.6) is 0 Å². The highest BCUT2D eigenvalue weighted by Gasteiger charge is 2.40. The molecule has 6 atom stereocenters. The van der Waals surface area contributed by atoms with Crippen molar-refractivity contribution in [2.24, 2.45) is 0 Å². The van der Waals surface area contributed by atoms with Gasteiger partial charge in [-0.2, -0.15) is 0 Å². The molecule has 0 aliphatic heterocycles. The zero-order valence-corrected chi connectivity index (χ0v) is 47.1. The molecule has 0 heterocycles. The minimum Gasteiger partial charge on any atom is -0.480 e. The van der Waals surface area contributed by atoms with Crippen molar-refractivity contribution in [3.63, 3.8) is 0 Å². The van der Waals surface area contributed by atoms with E-state index in [0.717, 1.165) is 42.6 Å². The van der Waals surface area contributed by atoms with Crippen LogP contribution in [0.3, 0.4) is 0 Å². The van der Waals surface area contributed by atoms with E-state index in [1.807, 2.05) is 103 Å². The molecule has 7 N–H and O–H groups in total. The van der Waals surface area contributed by atoms with E-state index in [-0.39, 0.29) is 6.61 Å². The Balaban J connectivity index is 1.42. The molecule has 1 unspecified atom stereocenters. The van der Waals surface area contributed by atoms with E-state index in [9.17, 15) is 43.5 Å². The van der Waals surface area contributed by atoms with E-state index < -0.39 is 113 Å². The zero-order valence-electron chi connectivity index (χ0n) is 47.1. The molecule has 0 spiro atoms. The van der Waals surface area contributed by atoms with E-state index in [0.29, 0.717) is 22.3 Å². The summed E-state index contributed by atoms with van der Waals surface area (Å²) >= 11 is 0. The SMILES string of the molecule is CCCCCCc1ccc(C(=O)N[C@H](COC(C)(C)C)C(=O)N[C@H](C)C(=O)NCC(=O)N(C)[C@H](C(=O)N[C@@H](C)C(=O)N[C@@H](CC(=O)NC(c2ccccc2)(c2ccccc2)c2ccccc2)C(=O)O)C(C)OC(C)(C)C)cc1. The van der Waals surface area contributed by atoms with Gasteiger partial charge in [0.2, 0.25) is 35.4 Å². The van der Waals surface area contributed by atoms with Gasteiger partial charge in [0, 0.05) is 12.6 Å². The van der Waals surface area contributed by atoms with Crippen molar-refractivity contribution in [2.45, 2.75) is 161 Å². The quantitative estimate of drug-likeness (QED) is 0.0259. The molecule has 422 valence electrons. The monoisotopic (exact) mass is 1080 g/mol. The molecule has 0 saturated carbocycles. The fourth-order valence-electron chi connectivity index (χ4n) is 8.73. The molecular weight excluding hydrogens is 995 g/mol. The lowest BCUT2D eigenvalue weighted by atomic mass is 9.77. The molecule has 4 aromatic carbocycles. The van der Waals surface area contributed by atoms with Crippen LogP contribution in [0.1, 0.15) is 134 Å². The summed E-state index contributed by atoms with van der Waals surface area (Å²) in [6.45, 7) is 16.2. The smallest absolute Gasteiger partial charge is 0.326 e. The van der Waals surface area contributed by atoms with Gasteiger partial charge in [-0.25, -0.2) is 4.79 Å². The maximum absolute atomic E-state index is 14.2. The normalized spacial score (nSPS) is 14.0. The highest BCUT2D eigenvalue weighted by molar-refractivity contribution is 5.99. The summed E-state index contributed by atoms with van der Waals surface area (Å²) in [6.07, 6.45) is 3.67. The van der Waals surface area contributed by atoms with Crippen molar-refractivity contribution in [1.29, 1.82) is 0 Å². The Morgan fingerprint density at radius 1 is 0.590 bits per heavy atom. The zero-order chi connectivity index (χ0) is 57.8. The topological polar surface area (TPSA) is 251 Å². The summed E-state index contributed by atoms with van der Waals surface area (Å²) in [6, 6.07) is 27.9. The van der Waals surface area contributed by atoms with E-state index >= 15 is 0 Å². The number of rotatable bonds is 28. The maximum atomic E-state index is 14.2. The first-order valence-corrected chi connectivity index (χ1v) is 26.6. The number of aryl methyl sites for hydroxylation is 1. The molecule has 0 aliphatic carbocycles. The number of benzene rings is 4. The van der Waals surface area contributed by atoms with Crippen LogP contribution in [0.25, 0.3) is 0 Å². The predicted octanol–water partition coefficient (Wildman–Crippen LogP) is 5.95. The number of aliphatic carboxylic acids is 1. The third-order valence-corrected chi connectivity index (χ3v) is 12.8. The van der Waals surface area contributed by atoms with E-state index in [1.165, 1.54) is 20.9 Å². The fourth-order valence-corrected chi connectivity index (χ4v) is 8.73. The highest BCUT2D eigenvalue weighted by atomic mass is 16.5. The summed E-state index contributed by atoms with van der Waals surface area (Å²) in [5.74, 6) is -6.68. The van der Waals surface area contributed by atoms with Crippen LogP contribution < -0.4 is 31.9 Å². The van der Waals surface area contributed by atoms with Crippen molar-refractivity contribution in [1.82, 2.24) is 36.8 Å². The number of unbranched alkanes of at least 4 members (excludes halogenated alkanes) is 3. The van der Waals surface area contributed by atoms with Crippen molar-refractivity contribution in [3.8, 4) is 0 Å². The number of hydrogen-bond donors (Lipinski definition) is 7. The number of amides is 7. The third kappa shape index (κ3) is 19.2. The molecule has 4 aromatic rings. The van der Waals surface area contributed by atoms with Crippen molar-refractivity contribution < 1.29 is 52.9 Å². The molecule has 0 radical (unpaired) electrons. The number of carbonyl (C=O) groups excluding carboxylic acids is 7. The molecular formula is C60H81N7O11. The third-order valence-electron chi connectivity index (χ3n) is 12.8. The maximum Gasteiger partial charge on any atom is 0.326 e. The minimum atomic E-state index is -1.73. The van der Waals surface area contributed by atoms with E-state index in [1.54, 1.807) is 60.6 Å². The van der Waals surface area contributed by atoms with Gasteiger partial charge in [-0.05, 0) is 110 Å². The second-order valence-electron chi connectivity index (χ2n) is 21.5. The van der Waals surface area contributed by atoms with Gasteiger partial charge in [-0.3, -0.25) is 33.6 Å². The van der Waals surface area contributed by atoms with Gasteiger partial charge < -0.3 is 51.4 Å². The van der Waals surface area contributed by atoms with Gasteiger partial charge in [0.1, 0.15) is 35.7 Å². The van der Waals surface area contributed by atoms with E-state index in [2.05, 4.69) is 38.8 Å². The second kappa shape index (κ2) is 29.3. The lowest BCUT2D eigenvalue weighted by Crippen LogP contribution is -2.60. The average Bonchev–Trinajstić information content (AvgIpc) is 3.40. The summed E-state index contributed by atoms with van der Waals surface area (Å²) in [5.41, 5.74) is 0.809. The van der Waals surface area contributed by atoms with Gasteiger partial charge in [0.25, 0.3) is 5.91 Å². The number of hydrogen-bond acceptors (Lipinski definition) is 10. The number of nitrogens with zero attached hydrogens (tertiary/aromatic N) is 1. The Kier molecular flexibility index (Phi) is 23.7. The largest absolute Gasteiger partial charge is 0.480 e. The number of ether oxygens (including phenoxy) is 2. The Hall–Kier alpha value is -7.44. The number of likely N-dealkylation sites (N-methyl/N-ethyl adjacent to an activating group) is 1. The van der Waals surface area contributed by atoms with Crippen LogP contribution >= 0.6 is 0 Å². The molecule has 18 heteroatoms. The van der Waals surface area contributed by atoms with Gasteiger partial charge in [0.15, 0.2) is 0 Å². The van der Waals surface area contributed by atoms with Gasteiger partial charge in [-0.1, -0.05) is 129 Å². The average molecular weight is 1080 g/mol. The van der Waals surface area contributed by atoms with Crippen LogP contribution in [-0.4, -0.2) is 125 Å². The molecule has 0 saturated heterocycles. The lowest BCUT2D eigenvalue weighted by molar-refractivity contribution is -0.151. The molecule has 4 rings (SSSR count). The van der Waals surface area contributed by atoms with Crippen molar-refractivity contribution in [3.05, 3.63) is 143 Å². The van der Waals surface area contributed by atoms with Gasteiger partial charge >= 0.3 is 5.97 Å². The van der Waals surface area contributed by atoms with Crippen LogP contribution in [0.15, 0.2) is 115 Å². The van der Waals surface area contributed by atoms with Gasteiger partial charge in [0.05, 0.1) is 36.9 Å². The first-order chi connectivity index (χ1) is 36.8. The fraction of sp³-hybridized carbons (Fsp3) is 0.467. The number of carboxylic acids is 1. The molecule has 0 bridgehead atoms. The Bertz CT molecular complexity index is 2520. The lowest BCUT2D eigenvalue weighted by Gasteiger charge is -2.37. The second-order valence-corrected chi connectivity index (χ2v) is 21.5. The van der Waals surface area contributed by atoms with Crippen LogP contribution in [0.2, 0.25) is 0 Å². The molecule has 0 fully saturated rings. The Morgan fingerprint density at radius 3 is 1.59 bits per heavy atom.